The smallest absolute Gasteiger partial charge is 0.339 e. The predicted octanol–water partition coefficient (Wildman–Crippen LogP) is 2.11. The van der Waals surface area contributed by atoms with E-state index < -0.39 is 72.4 Å². The summed E-state index contributed by atoms with van der Waals surface area (Å²) in [6.07, 6.45) is 4.52. The molecule has 0 aliphatic carbocycles. The third kappa shape index (κ3) is 19.2. The molecule has 0 aromatic heterocycles. The molecule has 0 bridgehead atoms. The van der Waals surface area contributed by atoms with Crippen molar-refractivity contribution in [1.82, 2.24) is 0 Å². The van der Waals surface area contributed by atoms with Gasteiger partial charge in [0.15, 0.2) is 36.6 Å². The van der Waals surface area contributed by atoms with Gasteiger partial charge in [0.2, 0.25) is 0 Å². The Morgan fingerprint density at radius 1 is 0.750 bits per heavy atom. The third-order valence-corrected chi connectivity index (χ3v) is 5.38. The average molecular weight is 772 g/mol. The molecular weight excluding hydrogens is 725 g/mol. The maximum absolute atomic E-state index is 11.6. The zero-order valence-electron chi connectivity index (χ0n) is 28.1. The molecule has 0 aromatic rings. The first kappa shape index (κ1) is 46.4. The van der Waals surface area contributed by atoms with E-state index in [-0.39, 0.29) is 45.9 Å². The summed E-state index contributed by atoms with van der Waals surface area (Å²) in [6.45, 7) is 17.4. The van der Waals surface area contributed by atoms with Crippen molar-refractivity contribution in [1.29, 1.82) is 0 Å². The molecular formula is C32H46O15Ru. The summed E-state index contributed by atoms with van der Waals surface area (Å²) in [5, 5.41) is 0. The van der Waals surface area contributed by atoms with Crippen LogP contribution in [-0.2, 0) is 90.9 Å². The van der Waals surface area contributed by atoms with Crippen LogP contribution in [0.2, 0.25) is 0 Å². The molecule has 15 nitrogen and oxygen atoms in total. The van der Waals surface area contributed by atoms with Crippen LogP contribution in [-0.4, -0.2) is 112 Å². The number of hydrogen-bond acceptors (Lipinski definition) is 15. The Bertz CT molecular complexity index is 1050. The molecule has 2 unspecified atom stereocenters. The van der Waals surface area contributed by atoms with Crippen molar-refractivity contribution in [3.63, 3.8) is 0 Å². The molecule has 0 N–H and O–H groups in total. The first-order valence-corrected chi connectivity index (χ1v) is 14.8. The van der Waals surface area contributed by atoms with E-state index in [1.807, 2.05) is 0 Å². The molecule has 0 spiro atoms. The van der Waals surface area contributed by atoms with Crippen LogP contribution in [0.15, 0.2) is 49.6 Å². The minimum absolute atomic E-state index is 0. The second-order valence-corrected chi connectivity index (χ2v) is 9.12. The van der Waals surface area contributed by atoms with Gasteiger partial charge >= 0.3 is 35.8 Å². The second-order valence-electron chi connectivity index (χ2n) is 9.12. The van der Waals surface area contributed by atoms with Gasteiger partial charge in [-0.3, -0.25) is 14.4 Å². The van der Waals surface area contributed by atoms with Gasteiger partial charge in [-0.15, -0.1) is 6.58 Å². The molecule has 6 atom stereocenters. The fourth-order valence-electron chi connectivity index (χ4n) is 3.65. The van der Waals surface area contributed by atoms with Gasteiger partial charge in [0.25, 0.3) is 0 Å². The molecule has 0 aromatic carbocycles. The van der Waals surface area contributed by atoms with Crippen LogP contribution in [0.5, 0.6) is 0 Å². The van der Waals surface area contributed by atoms with Gasteiger partial charge in [-0.25, -0.2) is 14.4 Å². The summed E-state index contributed by atoms with van der Waals surface area (Å²) >= 11 is 0. The molecule has 48 heavy (non-hydrogen) atoms. The number of carbonyl (C=O) groups is 6. The van der Waals surface area contributed by atoms with Crippen molar-refractivity contribution in [2.75, 3.05) is 39.6 Å². The van der Waals surface area contributed by atoms with E-state index in [9.17, 15) is 28.8 Å². The SMILES string of the molecule is C=CCOC(C(=O)OCC)C(C=C)OC(C)=O.CCOC(=O)[C@@H]1OCC=C[C@@H]1OC(C)=O.CCOC(=O)[C@@H]1OCC=C[C@H]1OC(C)=O.[Ru]. The van der Waals surface area contributed by atoms with Crippen LogP contribution in [0.25, 0.3) is 0 Å². The number of carbonyl (C=O) groups excluding carboxylic acids is 6. The summed E-state index contributed by atoms with van der Waals surface area (Å²) in [5.41, 5.74) is 0. The molecule has 16 heteroatoms. The summed E-state index contributed by atoms with van der Waals surface area (Å²) in [5.74, 6) is -3.04. The standard InChI is InChI=1S/C12H18O5.2C10H14O5.Ru/c1-5-8-16-11(12(14)15-7-3)10(6-2)17-9(4)13;2*1-3-13-10(12)9-8(15-7(2)11)5-4-6-14-9;/h5-6,10-11H,1-2,7-8H2,3-4H3;2*4-5,8-9H,3,6H2,1-2H3;/t;8-,9+;8-,9-;/m.01./s1. The summed E-state index contributed by atoms with van der Waals surface area (Å²) in [4.78, 5) is 66.9. The Hall–Kier alpha value is -3.72. The predicted molar refractivity (Wildman–Crippen MR) is 164 cm³/mol. The quantitative estimate of drug-likeness (QED) is 0.108. The van der Waals surface area contributed by atoms with Crippen molar-refractivity contribution < 1.29 is 90.9 Å². The molecule has 2 heterocycles. The van der Waals surface area contributed by atoms with Crippen LogP contribution in [0.1, 0.15) is 41.5 Å². The minimum Gasteiger partial charge on any atom is -0.464 e. The largest absolute Gasteiger partial charge is 0.464 e. The minimum atomic E-state index is -1.02. The van der Waals surface area contributed by atoms with Crippen molar-refractivity contribution in [3.05, 3.63) is 49.6 Å². The van der Waals surface area contributed by atoms with Crippen molar-refractivity contribution in [2.45, 2.75) is 78.2 Å². The van der Waals surface area contributed by atoms with Crippen LogP contribution in [0.3, 0.4) is 0 Å². The average Bonchev–Trinajstić information content (AvgIpc) is 3.01. The summed E-state index contributed by atoms with van der Waals surface area (Å²) in [6, 6.07) is 0. The van der Waals surface area contributed by atoms with Gasteiger partial charge in [0, 0.05) is 40.2 Å². The second kappa shape index (κ2) is 27.3. The van der Waals surface area contributed by atoms with Gasteiger partial charge in [-0.1, -0.05) is 24.8 Å². The van der Waals surface area contributed by atoms with Gasteiger partial charge in [-0.2, -0.15) is 0 Å². The van der Waals surface area contributed by atoms with Crippen molar-refractivity contribution in [2.24, 2.45) is 0 Å². The maximum atomic E-state index is 11.6. The van der Waals surface area contributed by atoms with E-state index >= 15 is 0 Å². The van der Waals surface area contributed by atoms with Crippen LogP contribution < -0.4 is 0 Å². The number of ether oxygens (including phenoxy) is 9. The zero-order valence-corrected chi connectivity index (χ0v) is 29.8. The Kier molecular flexibility index (Phi) is 26.3. The van der Waals surface area contributed by atoms with E-state index in [1.165, 1.54) is 32.9 Å². The first-order valence-electron chi connectivity index (χ1n) is 14.8. The normalized spacial score (nSPS) is 20.1. The molecule has 0 amide bonds. The summed E-state index contributed by atoms with van der Waals surface area (Å²) in [7, 11) is 0. The van der Waals surface area contributed by atoms with E-state index in [0.717, 1.165) is 0 Å². The topological polar surface area (TPSA) is 185 Å². The Balaban J connectivity index is 0. The molecule has 272 valence electrons. The molecule has 2 aliphatic rings. The third-order valence-electron chi connectivity index (χ3n) is 5.38. The number of rotatable bonds is 14. The Labute approximate surface area is 293 Å². The van der Waals surface area contributed by atoms with Crippen LogP contribution in [0, 0.1) is 0 Å². The van der Waals surface area contributed by atoms with E-state index in [4.69, 9.17) is 42.6 Å². The van der Waals surface area contributed by atoms with E-state index in [0.29, 0.717) is 13.2 Å². The molecule has 0 saturated heterocycles. The van der Waals surface area contributed by atoms with Gasteiger partial charge in [-0.05, 0) is 39.0 Å². The van der Waals surface area contributed by atoms with Crippen molar-refractivity contribution in [3.8, 4) is 0 Å². The monoisotopic (exact) mass is 772 g/mol. The fraction of sp³-hybridized carbons (Fsp3) is 0.562. The van der Waals surface area contributed by atoms with E-state index in [2.05, 4.69) is 13.2 Å². The molecule has 2 rings (SSSR count). The Morgan fingerprint density at radius 2 is 1.19 bits per heavy atom. The molecule has 0 saturated carbocycles. The molecule has 2 aliphatic heterocycles. The first-order chi connectivity index (χ1) is 22.4. The van der Waals surface area contributed by atoms with Crippen LogP contribution in [0.4, 0.5) is 0 Å². The fourth-order valence-corrected chi connectivity index (χ4v) is 3.65. The zero-order chi connectivity index (χ0) is 35.8. The summed E-state index contributed by atoms with van der Waals surface area (Å²) < 4.78 is 44.7. The Morgan fingerprint density at radius 3 is 1.52 bits per heavy atom. The maximum Gasteiger partial charge on any atom is 0.339 e. The van der Waals surface area contributed by atoms with Gasteiger partial charge in [0.05, 0.1) is 39.6 Å². The van der Waals surface area contributed by atoms with Crippen LogP contribution >= 0.6 is 0 Å². The molecule has 0 radical (unpaired) electrons. The van der Waals surface area contributed by atoms with E-state index in [1.54, 1.807) is 45.1 Å². The van der Waals surface area contributed by atoms with Gasteiger partial charge < -0.3 is 42.6 Å². The number of hydrogen-bond donors (Lipinski definition) is 0. The molecule has 0 fully saturated rings. The van der Waals surface area contributed by atoms with Gasteiger partial charge in [0.1, 0.15) is 0 Å². The van der Waals surface area contributed by atoms with Crippen molar-refractivity contribution >= 4 is 35.8 Å². The number of esters is 6.